The van der Waals surface area contributed by atoms with Gasteiger partial charge < -0.3 is 5.11 Å². The second-order valence-corrected chi connectivity index (χ2v) is 13.7. The van der Waals surface area contributed by atoms with Crippen molar-refractivity contribution in [2.45, 2.75) is 132 Å². The number of hydrogen-bond donors (Lipinski definition) is 1. The molecule has 0 aromatic rings. The van der Waals surface area contributed by atoms with Gasteiger partial charge in [-0.2, -0.15) is 0 Å². The summed E-state index contributed by atoms with van der Waals surface area (Å²) in [4.78, 5) is 0. The normalized spacial score (nSPS) is 43.8. The lowest BCUT2D eigenvalue weighted by atomic mass is 9.42. The molecule has 0 aliphatic heterocycles. The van der Waals surface area contributed by atoms with Crippen LogP contribution in [0, 0.1) is 39.4 Å². The van der Waals surface area contributed by atoms with Gasteiger partial charge in [0.2, 0.25) is 0 Å². The second-order valence-electron chi connectivity index (χ2n) is 13.7. The minimum absolute atomic E-state index is 0.0450. The third kappa shape index (κ3) is 3.34. The van der Waals surface area contributed by atoms with Crippen LogP contribution < -0.4 is 0 Å². The van der Waals surface area contributed by atoms with Gasteiger partial charge in [0.1, 0.15) is 0 Å². The van der Waals surface area contributed by atoms with E-state index in [0.717, 1.165) is 18.3 Å². The van der Waals surface area contributed by atoms with Crippen molar-refractivity contribution in [3.05, 3.63) is 22.8 Å². The molecule has 0 radical (unpaired) electrons. The van der Waals surface area contributed by atoms with Gasteiger partial charge in [0.25, 0.3) is 0 Å². The van der Waals surface area contributed by atoms with Crippen LogP contribution in [0.15, 0.2) is 22.8 Å². The quantitative estimate of drug-likeness (QED) is 0.423. The van der Waals surface area contributed by atoms with Crippen LogP contribution in [0.2, 0.25) is 0 Å². The zero-order valence-corrected chi connectivity index (χ0v) is 22.6. The number of aliphatic hydroxyl groups is 1. The highest BCUT2D eigenvalue weighted by Gasteiger charge is 2.64. The topological polar surface area (TPSA) is 20.2 Å². The highest BCUT2D eigenvalue weighted by atomic mass is 16.3. The molecule has 4 aliphatic rings. The standard InChI is InChI=1S/C31H52O/c1-9-31-20-16-23(22(4)12-10-11-21(2)3)30(31,8)19-15-24-25(31)13-14-26-28(5,6)27(32)17-18-29(24,26)7/h11,22-23,26-27,32H,9-10,12-20H2,1-8H3/t22-,23-,26?,27+,29-,30-,31+/m1/s1. The third-order valence-corrected chi connectivity index (χ3v) is 11.9. The molecule has 2 fully saturated rings. The SMILES string of the molecule is CC[C@@]12CC[C@H]([C@H](C)CCC=C(C)C)[C@@]1(C)CCC1=C2CCC2C(C)(C)[C@@H](O)CC[C@]12C. The maximum Gasteiger partial charge on any atom is 0.0594 e. The second kappa shape index (κ2) is 8.28. The van der Waals surface area contributed by atoms with E-state index in [0.29, 0.717) is 22.2 Å². The van der Waals surface area contributed by atoms with Crippen LogP contribution in [-0.4, -0.2) is 11.2 Å². The number of aliphatic hydroxyl groups excluding tert-OH is 1. The van der Waals surface area contributed by atoms with Crippen LogP contribution in [-0.2, 0) is 0 Å². The molecule has 1 N–H and O–H groups in total. The summed E-state index contributed by atoms with van der Waals surface area (Å²) in [5.41, 5.74) is 6.51. The third-order valence-electron chi connectivity index (χ3n) is 11.9. The molecule has 0 aromatic heterocycles. The molecule has 1 heteroatoms. The van der Waals surface area contributed by atoms with Gasteiger partial charge in [-0.3, -0.25) is 0 Å². The van der Waals surface area contributed by atoms with Gasteiger partial charge >= 0.3 is 0 Å². The van der Waals surface area contributed by atoms with E-state index in [9.17, 15) is 5.11 Å². The summed E-state index contributed by atoms with van der Waals surface area (Å²) in [6, 6.07) is 0. The van der Waals surface area contributed by atoms with Crippen molar-refractivity contribution in [3.8, 4) is 0 Å². The Morgan fingerprint density at radius 3 is 2.38 bits per heavy atom. The summed E-state index contributed by atoms with van der Waals surface area (Å²) in [6.45, 7) is 19.6. The van der Waals surface area contributed by atoms with Crippen LogP contribution >= 0.6 is 0 Å². The zero-order valence-electron chi connectivity index (χ0n) is 22.6. The van der Waals surface area contributed by atoms with Crippen LogP contribution in [0.1, 0.15) is 126 Å². The minimum Gasteiger partial charge on any atom is -0.393 e. The van der Waals surface area contributed by atoms with Crippen LogP contribution in [0.25, 0.3) is 0 Å². The molecule has 2 saturated carbocycles. The van der Waals surface area contributed by atoms with E-state index in [1.165, 1.54) is 69.8 Å². The van der Waals surface area contributed by atoms with Crippen molar-refractivity contribution in [1.82, 2.24) is 0 Å². The van der Waals surface area contributed by atoms with E-state index < -0.39 is 0 Å². The first-order chi connectivity index (χ1) is 14.9. The van der Waals surface area contributed by atoms with Crippen molar-refractivity contribution in [1.29, 1.82) is 0 Å². The Morgan fingerprint density at radius 2 is 1.72 bits per heavy atom. The van der Waals surface area contributed by atoms with E-state index in [4.69, 9.17) is 0 Å². The maximum atomic E-state index is 10.9. The van der Waals surface area contributed by atoms with Crippen molar-refractivity contribution in [3.63, 3.8) is 0 Å². The zero-order chi connectivity index (χ0) is 23.5. The Balaban J connectivity index is 1.69. The lowest BCUT2D eigenvalue weighted by Gasteiger charge is -2.62. The molecule has 0 bridgehead atoms. The van der Waals surface area contributed by atoms with Gasteiger partial charge in [-0.15, -0.1) is 0 Å². The molecule has 4 aliphatic carbocycles. The molecule has 0 amide bonds. The number of hydrogen-bond acceptors (Lipinski definition) is 1. The van der Waals surface area contributed by atoms with Gasteiger partial charge in [0.15, 0.2) is 0 Å². The fourth-order valence-electron chi connectivity index (χ4n) is 10.0. The summed E-state index contributed by atoms with van der Waals surface area (Å²) in [6.07, 6.45) is 16.6. The highest BCUT2D eigenvalue weighted by Crippen LogP contribution is 2.73. The van der Waals surface area contributed by atoms with Gasteiger partial charge in [0.05, 0.1) is 6.10 Å². The monoisotopic (exact) mass is 440 g/mol. The van der Waals surface area contributed by atoms with Gasteiger partial charge in [-0.05, 0) is 124 Å². The molecule has 0 spiro atoms. The van der Waals surface area contributed by atoms with Gasteiger partial charge in [0, 0.05) is 0 Å². The molecular formula is C31H52O. The maximum absolute atomic E-state index is 10.9. The fourth-order valence-corrected chi connectivity index (χ4v) is 10.0. The summed E-state index contributed by atoms with van der Waals surface area (Å²) in [5.74, 6) is 2.33. The van der Waals surface area contributed by atoms with Crippen molar-refractivity contribution < 1.29 is 5.11 Å². The van der Waals surface area contributed by atoms with Gasteiger partial charge in [-0.1, -0.05) is 64.3 Å². The number of rotatable bonds is 5. The Hall–Kier alpha value is -0.560. The Bertz CT molecular complexity index is 782. The minimum atomic E-state index is -0.130. The van der Waals surface area contributed by atoms with E-state index in [2.05, 4.69) is 61.5 Å². The molecule has 0 aromatic carbocycles. The smallest absolute Gasteiger partial charge is 0.0594 e. The molecule has 32 heavy (non-hydrogen) atoms. The Morgan fingerprint density at radius 1 is 1.00 bits per heavy atom. The molecule has 7 atom stereocenters. The van der Waals surface area contributed by atoms with E-state index in [1.807, 2.05) is 11.1 Å². The molecule has 4 rings (SSSR count). The number of fused-ring (bicyclic) bond motifs is 4. The molecule has 1 nitrogen and oxygen atoms in total. The lowest BCUT2D eigenvalue weighted by Crippen LogP contribution is -2.55. The molecule has 182 valence electrons. The van der Waals surface area contributed by atoms with Crippen LogP contribution in [0.3, 0.4) is 0 Å². The predicted octanol–water partition coefficient (Wildman–Crippen LogP) is 8.87. The summed E-state index contributed by atoms with van der Waals surface area (Å²) in [5, 5.41) is 10.9. The average Bonchev–Trinajstić information content (AvgIpc) is 3.04. The van der Waals surface area contributed by atoms with E-state index >= 15 is 0 Å². The lowest BCUT2D eigenvalue weighted by molar-refractivity contribution is -0.0972. The molecular weight excluding hydrogens is 388 g/mol. The van der Waals surface area contributed by atoms with Crippen LogP contribution in [0.5, 0.6) is 0 Å². The first-order valence-corrected chi connectivity index (χ1v) is 14.0. The van der Waals surface area contributed by atoms with Crippen molar-refractivity contribution in [2.24, 2.45) is 39.4 Å². The van der Waals surface area contributed by atoms with Gasteiger partial charge in [-0.25, -0.2) is 0 Å². The highest BCUT2D eigenvalue weighted by molar-refractivity contribution is 5.39. The largest absolute Gasteiger partial charge is 0.393 e. The van der Waals surface area contributed by atoms with E-state index in [-0.39, 0.29) is 11.5 Å². The first-order valence-electron chi connectivity index (χ1n) is 14.0. The fraction of sp³-hybridized carbons (Fsp3) is 0.871. The Labute approximate surface area is 199 Å². The Kier molecular flexibility index (Phi) is 6.36. The van der Waals surface area contributed by atoms with Crippen molar-refractivity contribution >= 4 is 0 Å². The summed E-state index contributed by atoms with van der Waals surface area (Å²) in [7, 11) is 0. The molecule has 0 saturated heterocycles. The molecule has 1 unspecified atom stereocenters. The van der Waals surface area contributed by atoms with Crippen LogP contribution in [0.4, 0.5) is 0 Å². The van der Waals surface area contributed by atoms with E-state index in [1.54, 1.807) is 0 Å². The molecule has 0 heterocycles. The average molecular weight is 441 g/mol. The summed E-state index contributed by atoms with van der Waals surface area (Å²) >= 11 is 0. The number of allylic oxidation sites excluding steroid dienone is 4. The first kappa shape index (κ1) is 24.6. The summed E-state index contributed by atoms with van der Waals surface area (Å²) < 4.78 is 0. The van der Waals surface area contributed by atoms with Crippen molar-refractivity contribution in [2.75, 3.05) is 0 Å². The predicted molar refractivity (Wildman–Crippen MR) is 137 cm³/mol.